The van der Waals surface area contributed by atoms with Gasteiger partial charge in [-0.3, -0.25) is 14.1 Å². The lowest BCUT2D eigenvalue weighted by Gasteiger charge is -2.40. The van der Waals surface area contributed by atoms with Crippen LogP contribution in [0.2, 0.25) is 0 Å². The number of carbonyl (C=O) groups excluding carboxylic acids is 2. The van der Waals surface area contributed by atoms with E-state index in [1.165, 1.54) is 0 Å². The number of carbonyl (C=O) groups is 2. The Morgan fingerprint density at radius 2 is 0.968 bits per heavy atom. The lowest BCUT2D eigenvalue weighted by molar-refractivity contribution is -0.297. The van der Waals surface area contributed by atoms with Crippen molar-refractivity contribution in [1.29, 1.82) is 0 Å². The molecule has 6 unspecified atom stereocenters. The normalized spacial score (nSPS) is 20.9. The largest absolute Gasteiger partial charge is 0.462 e. The molecule has 62 heavy (non-hydrogen) atoms. The van der Waals surface area contributed by atoms with E-state index in [0.717, 1.165) is 89.9 Å². The summed E-state index contributed by atoms with van der Waals surface area (Å²) >= 11 is 0. The van der Waals surface area contributed by atoms with E-state index in [2.05, 4.69) is 123 Å². The second-order valence-electron chi connectivity index (χ2n) is 14.9. The summed E-state index contributed by atoms with van der Waals surface area (Å²) in [6.07, 6.45) is 42.8. The van der Waals surface area contributed by atoms with Crippen molar-refractivity contribution in [3.63, 3.8) is 0 Å². The highest BCUT2D eigenvalue weighted by molar-refractivity contribution is 7.85. The highest BCUT2D eigenvalue weighted by Crippen LogP contribution is 2.24. The summed E-state index contributed by atoms with van der Waals surface area (Å²) in [5.41, 5.74) is 0. The van der Waals surface area contributed by atoms with Crippen molar-refractivity contribution < 1.29 is 56.8 Å². The molecule has 12 nitrogen and oxygen atoms in total. The number of aliphatic hydroxyl groups excluding tert-OH is 3. The quantitative estimate of drug-likeness (QED) is 0.0205. The zero-order valence-corrected chi connectivity index (χ0v) is 38.0. The Kier molecular flexibility index (Phi) is 34.4. The Morgan fingerprint density at radius 3 is 1.44 bits per heavy atom. The monoisotopic (exact) mass is 889 g/mol. The van der Waals surface area contributed by atoms with Crippen LogP contribution in [0.5, 0.6) is 0 Å². The van der Waals surface area contributed by atoms with Crippen LogP contribution in [-0.4, -0.2) is 96.0 Å². The molecule has 0 aromatic carbocycles. The molecule has 0 bridgehead atoms. The second kappa shape index (κ2) is 37.8. The predicted molar refractivity (Wildman–Crippen MR) is 247 cm³/mol. The number of allylic oxidation sites excluding steroid dienone is 18. The Morgan fingerprint density at radius 1 is 0.548 bits per heavy atom. The minimum atomic E-state index is -4.62. The molecule has 1 aliphatic rings. The van der Waals surface area contributed by atoms with E-state index in [-0.39, 0.29) is 19.4 Å². The first-order valence-electron chi connectivity index (χ1n) is 22.4. The minimum absolute atomic E-state index is 0.108. The van der Waals surface area contributed by atoms with Crippen LogP contribution in [0.25, 0.3) is 0 Å². The third-order valence-corrected chi connectivity index (χ3v) is 10.1. The van der Waals surface area contributed by atoms with Crippen LogP contribution >= 0.6 is 0 Å². The summed E-state index contributed by atoms with van der Waals surface area (Å²) < 4.78 is 54.0. The van der Waals surface area contributed by atoms with Gasteiger partial charge in [-0.05, 0) is 96.3 Å². The van der Waals surface area contributed by atoms with Gasteiger partial charge in [0.05, 0.1) is 6.61 Å². The number of aliphatic hydroxyl groups is 3. The summed E-state index contributed by atoms with van der Waals surface area (Å²) in [5.74, 6) is -2.10. The van der Waals surface area contributed by atoms with Gasteiger partial charge in [-0.15, -0.1) is 0 Å². The molecule has 0 radical (unpaired) electrons. The highest BCUT2D eigenvalue weighted by atomic mass is 32.2. The smallest absolute Gasteiger partial charge is 0.306 e. The summed E-state index contributed by atoms with van der Waals surface area (Å²) in [6, 6.07) is 0. The first kappa shape index (κ1) is 56.3. The van der Waals surface area contributed by atoms with E-state index in [0.29, 0.717) is 12.8 Å². The standard InChI is InChI=1S/C49H76O12S/c1-3-5-7-9-11-13-15-17-19-20-21-22-24-26-28-30-32-34-36-38-45(51)60-42(40-59-49-48(54)47(53)46(52)43(61-49)41-62(55,56)57)39-58-44(50)37-35-33-31-29-27-25-23-18-16-14-12-10-8-6-4-2/h5-8,11-14,17-19,21-23,26-29,42-43,46-49,52-54H,3-4,9-10,15-16,20,24-25,30-41H2,1-2H3,(H,55,56,57)/b7-5-,8-6-,13-11-,14-12-,19-17-,22-21-,23-18-,28-26-,29-27-. The van der Waals surface area contributed by atoms with E-state index in [1.54, 1.807) is 0 Å². The first-order valence-corrected chi connectivity index (χ1v) is 24.1. The molecule has 0 spiro atoms. The average Bonchev–Trinajstić information content (AvgIpc) is 3.24. The van der Waals surface area contributed by atoms with Crippen molar-refractivity contribution >= 4 is 22.1 Å². The molecule has 6 atom stereocenters. The topological polar surface area (TPSA) is 186 Å². The minimum Gasteiger partial charge on any atom is -0.462 e. The molecule has 0 aliphatic carbocycles. The molecule has 0 aromatic heterocycles. The van der Waals surface area contributed by atoms with Gasteiger partial charge in [0.25, 0.3) is 10.1 Å². The molecule has 1 saturated heterocycles. The Hall–Kier alpha value is -3.69. The number of hydrogen-bond donors (Lipinski definition) is 4. The second-order valence-corrected chi connectivity index (χ2v) is 16.4. The van der Waals surface area contributed by atoms with Crippen LogP contribution in [0.4, 0.5) is 0 Å². The van der Waals surface area contributed by atoms with Crippen molar-refractivity contribution in [2.45, 2.75) is 166 Å². The van der Waals surface area contributed by atoms with E-state index in [4.69, 9.17) is 18.9 Å². The van der Waals surface area contributed by atoms with Crippen molar-refractivity contribution in [3.8, 4) is 0 Å². The zero-order chi connectivity index (χ0) is 45.5. The maximum atomic E-state index is 12.8. The van der Waals surface area contributed by atoms with E-state index in [1.807, 2.05) is 0 Å². The van der Waals surface area contributed by atoms with Gasteiger partial charge in [0, 0.05) is 12.8 Å². The third kappa shape index (κ3) is 32.1. The van der Waals surface area contributed by atoms with Crippen LogP contribution in [0.3, 0.4) is 0 Å². The van der Waals surface area contributed by atoms with Gasteiger partial charge in [0.15, 0.2) is 12.4 Å². The third-order valence-electron chi connectivity index (χ3n) is 9.35. The highest BCUT2D eigenvalue weighted by Gasteiger charge is 2.46. The average molecular weight is 889 g/mol. The maximum absolute atomic E-state index is 12.8. The van der Waals surface area contributed by atoms with Crippen molar-refractivity contribution in [2.75, 3.05) is 19.0 Å². The van der Waals surface area contributed by atoms with Crippen LogP contribution in [-0.2, 0) is 38.7 Å². The molecule has 1 heterocycles. The molecule has 0 saturated carbocycles. The molecule has 1 aliphatic heterocycles. The maximum Gasteiger partial charge on any atom is 0.306 e. The Balaban J connectivity index is 2.52. The van der Waals surface area contributed by atoms with Gasteiger partial charge in [0.2, 0.25) is 0 Å². The number of hydrogen-bond acceptors (Lipinski definition) is 11. The molecule has 350 valence electrons. The fourth-order valence-corrected chi connectivity index (χ4v) is 6.62. The van der Waals surface area contributed by atoms with Gasteiger partial charge >= 0.3 is 11.9 Å². The molecule has 1 rings (SSSR count). The van der Waals surface area contributed by atoms with E-state index in [9.17, 15) is 37.9 Å². The lowest BCUT2D eigenvalue weighted by Crippen LogP contribution is -2.60. The molecule has 1 fully saturated rings. The van der Waals surface area contributed by atoms with E-state index < -0.39 is 71.2 Å². The summed E-state index contributed by atoms with van der Waals surface area (Å²) in [5, 5.41) is 30.9. The van der Waals surface area contributed by atoms with Gasteiger partial charge in [0.1, 0.15) is 36.8 Å². The SMILES string of the molecule is CC/C=C\C/C=C\C/C=C\C/C=C\C/C=C\CCCCCC(=O)OC(COC(=O)CCCC/C=C\C/C=C\C/C=C\C/C=C\CC)COC1OC(CS(=O)(=O)O)C(O)C(O)C1O. The number of unbranched alkanes of at least 4 members (excludes halogenated alkanes) is 5. The molecular weight excluding hydrogens is 813 g/mol. The fourth-order valence-electron chi connectivity index (χ4n) is 5.93. The number of esters is 2. The van der Waals surface area contributed by atoms with Crippen molar-refractivity contribution in [2.24, 2.45) is 0 Å². The first-order chi connectivity index (χ1) is 30.0. The number of ether oxygens (including phenoxy) is 4. The van der Waals surface area contributed by atoms with E-state index >= 15 is 0 Å². The zero-order valence-electron chi connectivity index (χ0n) is 37.2. The predicted octanol–water partition coefficient (Wildman–Crippen LogP) is 9.22. The van der Waals surface area contributed by atoms with Gasteiger partial charge in [-0.25, -0.2) is 0 Å². The van der Waals surface area contributed by atoms with Crippen LogP contribution < -0.4 is 0 Å². The van der Waals surface area contributed by atoms with Crippen LogP contribution in [0, 0.1) is 0 Å². The van der Waals surface area contributed by atoms with Gasteiger partial charge in [-0.2, -0.15) is 8.42 Å². The molecular formula is C49H76O12S. The molecule has 13 heteroatoms. The molecule has 4 N–H and O–H groups in total. The summed E-state index contributed by atoms with van der Waals surface area (Å²) in [7, 11) is -4.62. The van der Waals surface area contributed by atoms with Crippen molar-refractivity contribution in [1.82, 2.24) is 0 Å². The summed E-state index contributed by atoms with van der Waals surface area (Å²) in [6.45, 7) is 3.44. The molecule has 0 aromatic rings. The summed E-state index contributed by atoms with van der Waals surface area (Å²) in [4.78, 5) is 25.4. The van der Waals surface area contributed by atoms with Crippen LogP contribution in [0.15, 0.2) is 109 Å². The van der Waals surface area contributed by atoms with Gasteiger partial charge < -0.3 is 34.3 Å². The Bertz CT molecular complexity index is 1560. The fraction of sp³-hybridized carbons (Fsp3) is 0.592. The lowest BCUT2D eigenvalue weighted by atomic mass is 10.00. The van der Waals surface area contributed by atoms with Crippen LogP contribution in [0.1, 0.15) is 129 Å². The number of rotatable bonds is 35. The molecule has 0 amide bonds. The Labute approximate surface area is 372 Å². The van der Waals surface area contributed by atoms with Gasteiger partial charge in [-0.1, -0.05) is 130 Å². The van der Waals surface area contributed by atoms with Crippen molar-refractivity contribution in [3.05, 3.63) is 109 Å².